The second-order valence-electron chi connectivity index (χ2n) is 4.94. The number of aliphatic hydroxyl groups excluding tert-OH is 2. The number of Topliss-reactive ketones (excluding diaryl/α,β-unsaturated/α-hetero) is 2. The van der Waals surface area contributed by atoms with E-state index in [1.54, 1.807) is 13.0 Å². The van der Waals surface area contributed by atoms with Gasteiger partial charge in [-0.1, -0.05) is 0 Å². The number of carbonyl (C=O) groups excluding carboxylic acids is 2. The summed E-state index contributed by atoms with van der Waals surface area (Å²) in [5.41, 5.74) is -0.112. The van der Waals surface area contributed by atoms with E-state index in [1.165, 1.54) is 6.92 Å². The minimum atomic E-state index is -2.06. The van der Waals surface area contributed by atoms with Gasteiger partial charge in [-0.2, -0.15) is 0 Å². The summed E-state index contributed by atoms with van der Waals surface area (Å²) in [4.78, 5) is 24.1. The average molecular weight is 264 g/mol. The molecule has 2 rings (SSSR count). The van der Waals surface area contributed by atoms with Gasteiger partial charge in [-0.05, 0) is 43.0 Å². The molecule has 0 saturated heterocycles. The van der Waals surface area contributed by atoms with Gasteiger partial charge in [-0.15, -0.1) is 0 Å². The molecule has 0 fully saturated rings. The van der Waals surface area contributed by atoms with Crippen molar-refractivity contribution in [3.63, 3.8) is 0 Å². The lowest BCUT2D eigenvalue weighted by Gasteiger charge is -2.14. The molecule has 0 aliphatic heterocycles. The molecule has 0 unspecified atom stereocenters. The molecule has 0 heterocycles. The number of hydrogen-bond donors (Lipinski definition) is 3. The van der Waals surface area contributed by atoms with Gasteiger partial charge in [0, 0.05) is 17.7 Å². The van der Waals surface area contributed by atoms with Crippen molar-refractivity contribution in [3.05, 3.63) is 33.9 Å². The van der Waals surface area contributed by atoms with Crippen LogP contribution >= 0.6 is 0 Å². The summed E-state index contributed by atoms with van der Waals surface area (Å²) in [6.45, 7) is 2.38. The third kappa shape index (κ3) is 1.82. The molecule has 19 heavy (non-hydrogen) atoms. The Hall–Kier alpha value is -1.56. The first-order chi connectivity index (χ1) is 8.86. The van der Waals surface area contributed by atoms with Gasteiger partial charge in [0.05, 0.1) is 6.61 Å². The van der Waals surface area contributed by atoms with Crippen LogP contribution in [0.4, 0.5) is 0 Å². The Morgan fingerprint density at radius 3 is 2.32 bits per heavy atom. The fourth-order valence-electron chi connectivity index (χ4n) is 2.61. The van der Waals surface area contributed by atoms with Crippen molar-refractivity contribution >= 4 is 11.6 Å². The minimum Gasteiger partial charge on any atom is -0.396 e. The highest BCUT2D eigenvalue weighted by atomic mass is 16.3. The first-order valence-corrected chi connectivity index (χ1v) is 6.05. The molecule has 0 amide bonds. The fourth-order valence-corrected chi connectivity index (χ4v) is 2.61. The van der Waals surface area contributed by atoms with E-state index >= 15 is 0 Å². The Balaban J connectivity index is 2.77. The summed E-state index contributed by atoms with van der Waals surface area (Å²) in [6, 6.07) is 1.54. The molecule has 0 spiro atoms. The number of aryl methyl sites for hydroxylation is 1. The summed E-state index contributed by atoms with van der Waals surface area (Å²) < 4.78 is 0. The Bertz CT molecular complexity index is 572. The van der Waals surface area contributed by atoms with Gasteiger partial charge in [0.25, 0.3) is 0 Å². The average Bonchev–Trinajstić information content (AvgIpc) is 2.53. The van der Waals surface area contributed by atoms with Crippen LogP contribution in [0, 0.1) is 6.92 Å². The Labute approximate surface area is 110 Å². The van der Waals surface area contributed by atoms with Crippen molar-refractivity contribution in [3.8, 4) is 0 Å². The van der Waals surface area contributed by atoms with Crippen molar-refractivity contribution < 1.29 is 24.9 Å². The second-order valence-corrected chi connectivity index (χ2v) is 4.94. The first-order valence-electron chi connectivity index (χ1n) is 6.05. The lowest BCUT2D eigenvalue weighted by Crippen LogP contribution is -2.37. The van der Waals surface area contributed by atoms with E-state index in [4.69, 9.17) is 5.11 Å². The maximum Gasteiger partial charge on any atom is 0.203 e. The maximum atomic E-state index is 12.1. The van der Waals surface area contributed by atoms with Crippen molar-refractivity contribution in [2.45, 2.75) is 32.5 Å². The predicted octanol–water partition coefficient (Wildman–Crippen LogP) is 0.152. The van der Waals surface area contributed by atoms with Gasteiger partial charge in [-0.25, -0.2) is 0 Å². The van der Waals surface area contributed by atoms with Crippen molar-refractivity contribution in [1.29, 1.82) is 0 Å². The summed E-state index contributed by atoms with van der Waals surface area (Å²) in [5.74, 6) is -1.32. The van der Waals surface area contributed by atoms with Crippen LogP contribution < -0.4 is 0 Å². The SMILES string of the molecule is Cc1cc2c(c(CO)c1CCO)C(=O)[C@@](C)(O)C2=O. The monoisotopic (exact) mass is 264 g/mol. The normalized spacial score (nSPS) is 21.9. The third-order valence-corrected chi connectivity index (χ3v) is 3.65. The van der Waals surface area contributed by atoms with E-state index in [-0.39, 0.29) is 17.7 Å². The molecule has 0 aromatic heterocycles. The van der Waals surface area contributed by atoms with E-state index in [9.17, 15) is 19.8 Å². The molecule has 1 aliphatic carbocycles. The van der Waals surface area contributed by atoms with Crippen LogP contribution in [-0.4, -0.2) is 39.1 Å². The molecule has 1 aliphatic rings. The Morgan fingerprint density at radius 2 is 1.79 bits per heavy atom. The van der Waals surface area contributed by atoms with E-state index in [1.807, 2.05) is 0 Å². The topological polar surface area (TPSA) is 94.8 Å². The number of ketones is 2. The largest absolute Gasteiger partial charge is 0.396 e. The van der Waals surface area contributed by atoms with Gasteiger partial charge in [-0.3, -0.25) is 9.59 Å². The van der Waals surface area contributed by atoms with Gasteiger partial charge >= 0.3 is 0 Å². The van der Waals surface area contributed by atoms with E-state index in [0.717, 1.165) is 5.56 Å². The quantitative estimate of drug-likeness (QED) is 0.676. The van der Waals surface area contributed by atoms with Crippen LogP contribution in [0.5, 0.6) is 0 Å². The molecule has 0 bridgehead atoms. The molecular formula is C14H16O5. The van der Waals surface area contributed by atoms with E-state index in [0.29, 0.717) is 17.5 Å². The molecule has 102 valence electrons. The number of fused-ring (bicyclic) bond motifs is 1. The van der Waals surface area contributed by atoms with Crippen LogP contribution in [0.25, 0.3) is 0 Å². The standard InChI is InChI=1S/C14H16O5/c1-7-5-9-11(10(6-16)8(7)3-4-15)13(18)14(2,19)12(9)17/h5,15-16,19H,3-4,6H2,1-2H3/t14-/m0/s1. The van der Waals surface area contributed by atoms with Crippen molar-refractivity contribution in [2.24, 2.45) is 0 Å². The smallest absolute Gasteiger partial charge is 0.203 e. The highest BCUT2D eigenvalue weighted by Crippen LogP contribution is 2.35. The molecule has 1 aromatic rings. The molecule has 3 N–H and O–H groups in total. The van der Waals surface area contributed by atoms with E-state index in [2.05, 4.69) is 0 Å². The zero-order valence-corrected chi connectivity index (χ0v) is 10.9. The first kappa shape index (κ1) is 13.9. The Morgan fingerprint density at radius 1 is 1.16 bits per heavy atom. The molecule has 5 heteroatoms. The molecule has 5 nitrogen and oxygen atoms in total. The van der Waals surface area contributed by atoms with Gasteiger partial charge in [0.15, 0.2) is 5.60 Å². The van der Waals surface area contributed by atoms with Gasteiger partial charge < -0.3 is 15.3 Å². The number of carbonyl (C=O) groups is 2. The maximum absolute atomic E-state index is 12.1. The van der Waals surface area contributed by atoms with Crippen molar-refractivity contribution in [1.82, 2.24) is 0 Å². The Kier molecular flexibility index (Phi) is 3.30. The molecule has 0 saturated carbocycles. The van der Waals surface area contributed by atoms with Gasteiger partial charge in [0.2, 0.25) is 11.6 Å². The molecule has 1 aromatic carbocycles. The summed E-state index contributed by atoms with van der Waals surface area (Å²) in [7, 11) is 0. The lowest BCUT2D eigenvalue weighted by molar-refractivity contribution is 0.0396. The minimum absolute atomic E-state index is 0.0894. The van der Waals surface area contributed by atoms with Gasteiger partial charge in [0.1, 0.15) is 0 Å². The summed E-state index contributed by atoms with van der Waals surface area (Å²) >= 11 is 0. The third-order valence-electron chi connectivity index (χ3n) is 3.65. The van der Waals surface area contributed by atoms with Crippen LogP contribution in [0.1, 0.15) is 44.3 Å². The fraction of sp³-hybridized carbons (Fsp3) is 0.429. The highest BCUT2D eigenvalue weighted by Gasteiger charge is 2.49. The number of aliphatic hydroxyl groups is 3. The highest BCUT2D eigenvalue weighted by molar-refractivity contribution is 6.32. The number of benzene rings is 1. The number of hydrogen-bond acceptors (Lipinski definition) is 5. The van der Waals surface area contributed by atoms with Crippen LogP contribution in [0.3, 0.4) is 0 Å². The molecular weight excluding hydrogens is 248 g/mol. The predicted molar refractivity (Wildman–Crippen MR) is 67.2 cm³/mol. The summed E-state index contributed by atoms with van der Waals surface area (Å²) in [6.07, 6.45) is 0.290. The number of rotatable bonds is 3. The molecule has 0 radical (unpaired) electrons. The summed E-state index contributed by atoms with van der Waals surface area (Å²) in [5, 5.41) is 28.5. The van der Waals surface area contributed by atoms with E-state index < -0.39 is 23.8 Å². The second kappa shape index (κ2) is 4.52. The lowest BCUT2D eigenvalue weighted by atomic mass is 9.91. The molecule has 1 atom stereocenters. The van der Waals surface area contributed by atoms with Crippen LogP contribution in [-0.2, 0) is 13.0 Å². The van der Waals surface area contributed by atoms with Crippen LogP contribution in [0.2, 0.25) is 0 Å². The zero-order valence-electron chi connectivity index (χ0n) is 10.9. The van der Waals surface area contributed by atoms with Crippen LogP contribution in [0.15, 0.2) is 6.07 Å². The van der Waals surface area contributed by atoms with Crippen molar-refractivity contribution in [2.75, 3.05) is 6.61 Å². The zero-order chi connectivity index (χ0) is 14.4.